The smallest absolute Gasteiger partial charge is 0.338 e. The third-order valence-electron chi connectivity index (χ3n) is 2.31. The fourth-order valence-electron chi connectivity index (χ4n) is 1.32. The Balaban J connectivity index is 2.60. The molecule has 114 valence electrons. The Hall–Kier alpha value is -3.22. The highest BCUT2D eigenvalue weighted by Gasteiger charge is 2.05. The third-order valence-corrected chi connectivity index (χ3v) is 2.31. The number of aliphatic carboxylic acids is 1. The van der Waals surface area contributed by atoms with Gasteiger partial charge in [-0.1, -0.05) is 12.1 Å². The van der Waals surface area contributed by atoms with Gasteiger partial charge >= 0.3 is 23.9 Å². The first-order valence-corrected chi connectivity index (χ1v) is 5.95. The van der Waals surface area contributed by atoms with Gasteiger partial charge in [0.15, 0.2) is 0 Å². The first kappa shape index (κ1) is 16.8. The Kier molecular flexibility index (Phi) is 6.24. The minimum absolute atomic E-state index is 0.358. The molecule has 0 atom stereocenters. The van der Waals surface area contributed by atoms with E-state index in [0.29, 0.717) is 23.3 Å². The lowest BCUT2D eigenvalue weighted by Crippen LogP contribution is -2.07. The number of esters is 3. The lowest BCUT2D eigenvalue weighted by Gasteiger charge is -1.99. The summed E-state index contributed by atoms with van der Waals surface area (Å²) in [6.07, 6.45) is 3.56. The maximum absolute atomic E-state index is 11.3. The first-order chi connectivity index (χ1) is 10.4. The van der Waals surface area contributed by atoms with E-state index in [2.05, 4.69) is 9.47 Å². The van der Waals surface area contributed by atoms with Gasteiger partial charge in [0.1, 0.15) is 0 Å². The molecule has 0 saturated carbocycles. The van der Waals surface area contributed by atoms with Crippen molar-refractivity contribution in [3.8, 4) is 0 Å². The number of hydrogen-bond donors (Lipinski definition) is 1. The average Bonchev–Trinajstić information content (AvgIpc) is 2.50. The lowest BCUT2D eigenvalue weighted by atomic mass is 10.1. The Bertz CT molecular complexity index is 638. The Morgan fingerprint density at radius 2 is 1.55 bits per heavy atom. The number of carboxylic acid groups (broad SMARTS) is 1. The van der Waals surface area contributed by atoms with E-state index in [1.54, 1.807) is 12.1 Å². The molecule has 7 nitrogen and oxygen atoms in total. The zero-order valence-corrected chi connectivity index (χ0v) is 11.5. The minimum atomic E-state index is -1.33. The highest BCUT2D eigenvalue weighted by atomic mass is 16.6. The molecule has 0 aliphatic rings. The highest BCUT2D eigenvalue weighted by Crippen LogP contribution is 2.07. The Labute approximate surface area is 125 Å². The van der Waals surface area contributed by atoms with Crippen LogP contribution in [0.1, 0.15) is 15.9 Å². The van der Waals surface area contributed by atoms with Gasteiger partial charge in [0, 0.05) is 18.2 Å². The molecular formula is C15H12O7. The quantitative estimate of drug-likeness (QED) is 0.494. The Morgan fingerprint density at radius 3 is 2.09 bits per heavy atom. The summed E-state index contributed by atoms with van der Waals surface area (Å²) >= 11 is 0. The Morgan fingerprint density at radius 1 is 0.955 bits per heavy atom. The van der Waals surface area contributed by atoms with E-state index in [0.717, 1.165) is 6.08 Å². The van der Waals surface area contributed by atoms with Crippen molar-refractivity contribution in [2.45, 2.75) is 0 Å². The van der Waals surface area contributed by atoms with Crippen molar-refractivity contribution in [2.24, 2.45) is 0 Å². The normalized spacial score (nSPS) is 10.6. The number of hydrogen-bond acceptors (Lipinski definition) is 6. The topological polar surface area (TPSA) is 107 Å². The molecular weight excluding hydrogens is 292 g/mol. The van der Waals surface area contributed by atoms with E-state index in [1.165, 1.54) is 25.3 Å². The molecule has 1 aromatic rings. The fourth-order valence-corrected chi connectivity index (χ4v) is 1.32. The van der Waals surface area contributed by atoms with Gasteiger partial charge in [0.2, 0.25) is 0 Å². The van der Waals surface area contributed by atoms with Crippen molar-refractivity contribution in [3.05, 3.63) is 53.6 Å². The second-order valence-corrected chi connectivity index (χ2v) is 3.86. The van der Waals surface area contributed by atoms with Gasteiger partial charge in [-0.15, -0.1) is 0 Å². The van der Waals surface area contributed by atoms with Gasteiger partial charge < -0.3 is 14.6 Å². The van der Waals surface area contributed by atoms with Crippen LogP contribution in [0.25, 0.3) is 6.08 Å². The van der Waals surface area contributed by atoms with Crippen LogP contribution in [0, 0.1) is 0 Å². The first-order valence-electron chi connectivity index (χ1n) is 5.95. The van der Waals surface area contributed by atoms with Gasteiger partial charge in [0.05, 0.1) is 12.7 Å². The predicted octanol–water partition coefficient (Wildman–Crippen LogP) is 1.20. The molecule has 1 rings (SSSR count). The van der Waals surface area contributed by atoms with Gasteiger partial charge in [-0.3, -0.25) is 0 Å². The van der Waals surface area contributed by atoms with Gasteiger partial charge in [0.25, 0.3) is 0 Å². The highest BCUT2D eigenvalue weighted by molar-refractivity contribution is 6.00. The molecule has 1 N–H and O–H groups in total. The van der Waals surface area contributed by atoms with Crippen LogP contribution in [0.5, 0.6) is 0 Å². The summed E-state index contributed by atoms with van der Waals surface area (Å²) in [6, 6.07) is 6.17. The van der Waals surface area contributed by atoms with Gasteiger partial charge in [-0.2, -0.15) is 0 Å². The van der Waals surface area contributed by atoms with Crippen molar-refractivity contribution in [1.82, 2.24) is 0 Å². The molecule has 1 aromatic carbocycles. The summed E-state index contributed by atoms with van der Waals surface area (Å²) in [6.45, 7) is 0. The van der Waals surface area contributed by atoms with E-state index >= 15 is 0 Å². The fraction of sp³-hybridized carbons (Fsp3) is 0.0667. The SMILES string of the molecule is COC(=O)c1ccc(C=CC(=O)OC(=O)C=CC(=O)O)cc1. The number of carbonyl (C=O) groups excluding carboxylic acids is 3. The third kappa shape index (κ3) is 5.83. The maximum Gasteiger partial charge on any atom is 0.338 e. The zero-order chi connectivity index (χ0) is 16.5. The molecule has 0 fully saturated rings. The van der Waals surface area contributed by atoms with E-state index in [4.69, 9.17) is 5.11 Å². The molecule has 0 unspecified atom stereocenters. The molecule has 0 saturated heterocycles. The van der Waals surface area contributed by atoms with Crippen LogP contribution in [0.15, 0.2) is 42.5 Å². The van der Waals surface area contributed by atoms with Crippen molar-refractivity contribution in [1.29, 1.82) is 0 Å². The predicted molar refractivity (Wildman–Crippen MR) is 74.7 cm³/mol. The summed E-state index contributed by atoms with van der Waals surface area (Å²) in [5.41, 5.74) is 0.953. The zero-order valence-electron chi connectivity index (χ0n) is 11.5. The largest absolute Gasteiger partial charge is 0.478 e. The number of ether oxygens (including phenoxy) is 2. The summed E-state index contributed by atoms with van der Waals surface area (Å²) in [5.74, 6) is -3.84. The van der Waals surface area contributed by atoms with Crippen molar-refractivity contribution in [2.75, 3.05) is 7.11 Å². The molecule has 0 spiro atoms. The summed E-state index contributed by atoms with van der Waals surface area (Å²) in [4.78, 5) is 43.7. The summed E-state index contributed by atoms with van der Waals surface area (Å²) in [5, 5.41) is 8.30. The van der Waals surface area contributed by atoms with Crippen LogP contribution in [-0.2, 0) is 23.9 Å². The van der Waals surface area contributed by atoms with E-state index in [1.807, 2.05) is 0 Å². The van der Waals surface area contributed by atoms with Crippen LogP contribution < -0.4 is 0 Å². The van der Waals surface area contributed by atoms with Crippen molar-refractivity contribution in [3.63, 3.8) is 0 Å². The molecule has 0 amide bonds. The second-order valence-electron chi connectivity index (χ2n) is 3.86. The molecule has 7 heteroatoms. The maximum atomic E-state index is 11.3. The van der Waals surface area contributed by atoms with Crippen LogP contribution >= 0.6 is 0 Å². The standard InChI is InChI=1S/C15H12O7/c1-21-15(20)11-5-2-10(3-6-11)4-8-13(18)22-14(19)9-7-12(16)17/h2-9H,1H3,(H,16,17). The van der Waals surface area contributed by atoms with E-state index in [9.17, 15) is 19.2 Å². The number of carbonyl (C=O) groups is 4. The number of rotatable bonds is 5. The number of benzene rings is 1. The molecule has 0 bridgehead atoms. The van der Waals surface area contributed by atoms with Crippen LogP contribution in [-0.4, -0.2) is 36.1 Å². The minimum Gasteiger partial charge on any atom is -0.478 e. The van der Waals surface area contributed by atoms with Crippen LogP contribution in [0.3, 0.4) is 0 Å². The van der Waals surface area contributed by atoms with E-state index in [-0.39, 0.29) is 0 Å². The lowest BCUT2D eigenvalue weighted by molar-refractivity contribution is -0.152. The molecule has 0 aliphatic carbocycles. The molecule has 0 aliphatic heterocycles. The van der Waals surface area contributed by atoms with Crippen molar-refractivity contribution < 1.29 is 33.8 Å². The van der Waals surface area contributed by atoms with E-state index < -0.39 is 23.9 Å². The van der Waals surface area contributed by atoms with Crippen LogP contribution in [0.2, 0.25) is 0 Å². The second kappa shape index (κ2) is 8.15. The summed E-state index contributed by atoms with van der Waals surface area (Å²) in [7, 11) is 1.27. The number of carboxylic acids is 1. The average molecular weight is 304 g/mol. The van der Waals surface area contributed by atoms with Crippen LogP contribution in [0.4, 0.5) is 0 Å². The van der Waals surface area contributed by atoms with Crippen molar-refractivity contribution >= 4 is 30.0 Å². The molecule has 0 radical (unpaired) electrons. The monoisotopic (exact) mass is 304 g/mol. The summed E-state index contributed by atoms with van der Waals surface area (Å²) < 4.78 is 8.85. The molecule has 22 heavy (non-hydrogen) atoms. The van der Waals surface area contributed by atoms with Gasteiger partial charge in [-0.25, -0.2) is 19.2 Å². The van der Waals surface area contributed by atoms with Gasteiger partial charge in [-0.05, 0) is 23.8 Å². The number of methoxy groups -OCH3 is 1. The molecule has 0 aromatic heterocycles. The molecule has 0 heterocycles.